The SMILES string of the molecule is CCC(C)C(CO)NC1CCCC1C. The first-order valence-corrected chi connectivity index (χ1v) is 6.06. The Morgan fingerprint density at radius 3 is 2.57 bits per heavy atom. The van der Waals surface area contributed by atoms with Crippen molar-refractivity contribution in [1.82, 2.24) is 5.32 Å². The van der Waals surface area contributed by atoms with E-state index < -0.39 is 0 Å². The van der Waals surface area contributed by atoms with Crippen molar-refractivity contribution in [3.8, 4) is 0 Å². The molecule has 0 aromatic rings. The minimum absolute atomic E-state index is 0.276. The fraction of sp³-hybridized carbons (Fsp3) is 1.00. The Labute approximate surface area is 88.1 Å². The summed E-state index contributed by atoms with van der Waals surface area (Å²) in [5, 5.41) is 12.9. The van der Waals surface area contributed by atoms with Crippen LogP contribution in [0.5, 0.6) is 0 Å². The molecule has 1 aliphatic carbocycles. The summed E-state index contributed by atoms with van der Waals surface area (Å²) in [6, 6.07) is 0.937. The monoisotopic (exact) mass is 199 g/mol. The summed E-state index contributed by atoms with van der Waals surface area (Å²) in [4.78, 5) is 0. The molecule has 0 bridgehead atoms. The third kappa shape index (κ3) is 2.96. The number of rotatable bonds is 5. The molecule has 4 unspecified atom stereocenters. The number of aliphatic hydroxyl groups is 1. The van der Waals surface area contributed by atoms with Crippen LogP contribution in [-0.4, -0.2) is 23.8 Å². The highest BCUT2D eigenvalue weighted by molar-refractivity contribution is 4.84. The van der Waals surface area contributed by atoms with Crippen molar-refractivity contribution >= 4 is 0 Å². The molecule has 1 aliphatic rings. The molecule has 0 spiro atoms. The Bertz CT molecular complexity index is 160. The van der Waals surface area contributed by atoms with Crippen molar-refractivity contribution in [3.05, 3.63) is 0 Å². The van der Waals surface area contributed by atoms with Crippen LogP contribution in [0.3, 0.4) is 0 Å². The van der Waals surface area contributed by atoms with Crippen LogP contribution in [-0.2, 0) is 0 Å². The van der Waals surface area contributed by atoms with E-state index in [1.807, 2.05) is 0 Å². The maximum atomic E-state index is 9.31. The maximum Gasteiger partial charge on any atom is 0.0587 e. The minimum atomic E-state index is 0.276. The molecular weight excluding hydrogens is 174 g/mol. The van der Waals surface area contributed by atoms with Gasteiger partial charge in [0.15, 0.2) is 0 Å². The van der Waals surface area contributed by atoms with Crippen molar-refractivity contribution in [2.75, 3.05) is 6.61 Å². The third-order valence-corrected chi connectivity index (χ3v) is 3.82. The second kappa shape index (κ2) is 5.72. The van der Waals surface area contributed by atoms with E-state index in [1.165, 1.54) is 19.3 Å². The highest BCUT2D eigenvalue weighted by Gasteiger charge is 2.26. The zero-order valence-electron chi connectivity index (χ0n) is 9.79. The molecule has 1 fully saturated rings. The highest BCUT2D eigenvalue weighted by Crippen LogP contribution is 2.26. The van der Waals surface area contributed by atoms with E-state index in [-0.39, 0.29) is 6.61 Å². The van der Waals surface area contributed by atoms with Gasteiger partial charge in [0.2, 0.25) is 0 Å². The van der Waals surface area contributed by atoms with Crippen LogP contribution in [0.2, 0.25) is 0 Å². The molecule has 4 atom stereocenters. The molecule has 2 heteroatoms. The smallest absolute Gasteiger partial charge is 0.0587 e. The number of hydrogen-bond acceptors (Lipinski definition) is 2. The predicted octanol–water partition coefficient (Wildman–Crippen LogP) is 2.17. The van der Waals surface area contributed by atoms with Crippen LogP contribution in [0.1, 0.15) is 46.5 Å². The minimum Gasteiger partial charge on any atom is -0.395 e. The zero-order valence-corrected chi connectivity index (χ0v) is 9.79. The van der Waals surface area contributed by atoms with Gasteiger partial charge in [-0.2, -0.15) is 0 Å². The highest BCUT2D eigenvalue weighted by atomic mass is 16.3. The molecule has 0 aliphatic heterocycles. The van der Waals surface area contributed by atoms with Crippen LogP contribution >= 0.6 is 0 Å². The Balaban J connectivity index is 2.39. The van der Waals surface area contributed by atoms with Crippen LogP contribution in [0.15, 0.2) is 0 Å². The van der Waals surface area contributed by atoms with Crippen LogP contribution in [0, 0.1) is 11.8 Å². The maximum absolute atomic E-state index is 9.31. The summed E-state index contributed by atoms with van der Waals surface area (Å²) in [7, 11) is 0. The first-order valence-electron chi connectivity index (χ1n) is 6.06. The largest absolute Gasteiger partial charge is 0.395 e. The van der Waals surface area contributed by atoms with E-state index in [0.29, 0.717) is 18.0 Å². The normalized spacial score (nSPS) is 31.7. The molecular formula is C12H25NO. The lowest BCUT2D eigenvalue weighted by Crippen LogP contribution is -2.45. The summed E-state index contributed by atoms with van der Waals surface area (Å²) in [5.41, 5.74) is 0. The number of aliphatic hydroxyl groups excluding tert-OH is 1. The van der Waals surface area contributed by atoms with Crippen molar-refractivity contribution in [3.63, 3.8) is 0 Å². The van der Waals surface area contributed by atoms with Gasteiger partial charge >= 0.3 is 0 Å². The first kappa shape index (κ1) is 12.0. The summed E-state index contributed by atoms with van der Waals surface area (Å²) < 4.78 is 0. The summed E-state index contributed by atoms with van der Waals surface area (Å²) in [6.07, 6.45) is 5.11. The summed E-state index contributed by atoms with van der Waals surface area (Å²) in [6.45, 7) is 6.99. The lowest BCUT2D eigenvalue weighted by Gasteiger charge is -2.28. The van der Waals surface area contributed by atoms with E-state index in [9.17, 15) is 5.11 Å². The van der Waals surface area contributed by atoms with Gasteiger partial charge in [0.05, 0.1) is 6.61 Å². The molecule has 0 aromatic carbocycles. The molecule has 0 radical (unpaired) electrons. The number of nitrogens with one attached hydrogen (secondary N) is 1. The predicted molar refractivity (Wildman–Crippen MR) is 60.3 cm³/mol. The van der Waals surface area contributed by atoms with Gasteiger partial charge in [-0.3, -0.25) is 0 Å². The van der Waals surface area contributed by atoms with Gasteiger partial charge in [0.25, 0.3) is 0 Å². The molecule has 14 heavy (non-hydrogen) atoms. The standard InChI is InChI=1S/C12H25NO/c1-4-9(2)12(8-14)13-11-7-5-6-10(11)3/h9-14H,4-8H2,1-3H3. The number of hydrogen-bond donors (Lipinski definition) is 2. The quantitative estimate of drug-likeness (QED) is 0.711. The van der Waals surface area contributed by atoms with Crippen LogP contribution < -0.4 is 5.32 Å². The van der Waals surface area contributed by atoms with Gasteiger partial charge in [0.1, 0.15) is 0 Å². The second-order valence-corrected chi connectivity index (χ2v) is 4.86. The molecule has 84 valence electrons. The molecule has 0 saturated heterocycles. The fourth-order valence-electron chi connectivity index (χ4n) is 2.35. The zero-order chi connectivity index (χ0) is 10.6. The molecule has 0 aromatic heterocycles. The van der Waals surface area contributed by atoms with E-state index in [2.05, 4.69) is 26.1 Å². The third-order valence-electron chi connectivity index (χ3n) is 3.82. The van der Waals surface area contributed by atoms with Crippen molar-refractivity contribution < 1.29 is 5.11 Å². The molecule has 0 amide bonds. The summed E-state index contributed by atoms with van der Waals surface area (Å²) >= 11 is 0. The van der Waals surface area contributed by atoms with Crippen molar-refractivity contribution in [2.45, 2.75) is 58.5 Å². The fourth-order valence-corrected chi connectivity index (χ4v) is 2.35. The molecule has 1 rings (SSSR count). The molecule has 0 heterocycles. The van der Waals surface area contributed by atoms with Crippen LogP contribution in [0.4, 0.5) is 0 Å². The van der Waals surface area contributed by atoms with Crippen LogP contribution in [0.25, 0.3) is 0 Å². The van der Waals surface area contributed by atoms with Gasteiger partial charge < -0.3 is 10.4 Å². The van der Waals surface area contributed by atoms with Gasteiger partial charge in [-0.1, -0.05) is 33.6 Å². The Hall–Kier alpha value is -0.0800. The molecule has 2 N–H and O–H groups in total. The molecule has 1 saturated carbocycles. The van der Waals surface area contributed by atoms with Crippen molar-refractivity contribution in [2.24, 2.45) is 11.8 Å². The second-order valence-electron chi connectivity index (χ2n) is 4.86. The van der Waals surface area contributed by atoms with Crippen molar-refractivity contribution in [1.29, 1.82) is 0 Å². The first-order chi connectivity index (χ1) is 6.69. The Kier molecular flexibility index (Phi) is 4.90. The molecule has 2 nitrogen and oxygen atoms in total. The average molecular weight is 199 g/mol. The topological polar surface area (TPSA) is 32.3 Å². The average Bonchev–Trinajstić information content (AvgIpc) is 2.59. The van der Waals surface area contributed by atoms with Gasteiger partial charge in [-0.15, -0.1) is 0 Å². The van der Waals surface area contributed by atoms with E-state index in [0.717, 1.165) is 12.3 Å². The lowest BCUT2D eigenvalue weighted by atomic mass is 9.97. The van der Waals surface area contributed by atoms with Gasteiger partial charge in [0, 0.05) is 12.1 Å². The van der Waals surface area contributed by atoms with Gasteiger partial charge in [-0.05, 0) is 24.7 Å². The van der Waals surface area contributed by atoms with Gasteiger partial charge in [-0.25, -0.2) is 0 Å². The summed E-state index contributed by atoms with van der Waals surface area (Å²) in [5.74, 6) is 1.36. The van der Waals surface area contributed by atoms with E-state index in [4.69, 9.17) is 0 Å². The van der Waals surface area contributed by atoms with E-state index in [1.54, 1.807) is 0 Å². The van der Waals surface area contributed by atoms with E-state index >= 15 is 0 Å². The Morgan fingerprint density at radius 2 is 2.14 bits per heavy atom. The Morgan fingerprint density at radius 1 is 1.43 bits per heavy atom. The lowest BCUT2D eigenvalue weighted by molar-refractivity contribution is 0.183.